The molecule has 0 spiro atoms. The van der Waals surface area contributed by atoms with Crippen LogP contribution < -0.4 is 11.1 Å². The monoisotopic (exact) mass is 183 g/mol. The Labute approximate surface area is 76.3 Å². The predicted octanol–water partition coefficient (Wildman–Crippen LogP) is 0.516. The summed E-state index contributed by atoms with van der Waals surface area (Å²) in [7, 11) is 0. The average molecular weight is 183 g/mol. The number of hydrogen-bond acceptors (Lipinski definition) is 4. The van der Waals surface area contributed by atoms with Crippen LogP contribution in [0.1, 0.15) is 12.6 Å². The molecule has 0 saturated heterocycles. The summed E-state index contributed by atoms with van der Waals surface area (Å²) < 4.78 is 4.81. The first-order valence-corrected chi connectivity index (χ1v) is 4.07. The number of aryl methyl sites for hydroxylation is 1. The van der Waals surface area contributed by atoms with Gasteiger partial charge in [0.25, 0.3) is 0 Å². The van der Waals surface area contributed by atoms with E-state index in [4.69, 9.17) is 10.3 Å². The Hall–Kier alpha value is -1.36. The highest BCUT2D eigenvalue weighted by Crippen LogP contribution is 2.09. The van der Waals surface area contributed by atoms with Crippen molar-refractivity contribution in [2.24, 2.45) is 11.7 Å². The fourth-order valence-electron chi connectivity index (χ4n) is 0.774. The third-order valence-electron chi connectivity index (χ3n) is 1.68. The van der Waals surface area contributed by atoms with Crippen LogP contribution in [0.15, 0.2) is 10.6 Å². The van der Waals surface area contributed by atoms with E-state index in [-0.39, 0.29) is 11.8 Å². The molecule has 5 heteroatoms. The quantitative estimate of drug-likeness (QED) is 0.715. The molecular formula is C8H13N3O2. The van der Waals surface area contributed by atoms with Crippen molar-refractivity contribution in [2.45, 2.75) is 13.8 Å². The van der Waals surface area contributed by atoms with Crippen LogP contribution in [-0.4, -0.2) is 17.6 Å². The van der Waals surface area contributed by atoms with Gasteiger partial charge in [-0.25, -0.2) is 0 Å². The first kappa shape index (κ1) is 9.73. The van der Waals surface area contributed by atoms with Crippen LogP contribution in [-0.2, 0) is 4.79 Å². The van der Waals surface area contributed by atoms with Crippen molar-refractivity contribution >= 4 is 11.8 Å². The van der Waals surface area contributed by atoms with Gasteiger partial charge >= 0.3 is 0 Å². The summed E-state index contributed by atoms with van der Waals surface area (Å²) >= 11 is 0. The van der Waals surface area contributed by atoms with Gasteiger partial charge in [0.2, 0.25) is 11.8 Å². The molecule has 13 heavy (non-hydrogen) atoms. The molecule has 0 aliphatic carbocycles. The van der Waals surface area contributed by atoms with E-state index >= 15 is 0 Å². The Morgan fingerprint density at radius 3 is 3.00 bits per heavy atom. The molecule has 1 rings (SSSR count). The standard InChI is InChI=1S/C8H13N3O2/c1-5(4-9)8(12)10-7-3-6(2)11-13-7/h3,5H,4,9H2,1-2H3,(H,10,12). The number of anilines is 1. The molecule has 1 atom stereocenters. The summed E-state index contributed by atoms with van der Waals surface area (Å²) in [5, 5.41) is 6.20. The minimum atomic E-state index is -0.217. The van der Waals surface area contributed by atoms with Crippen LogP contribution >= 0.6 is 0 Å². The van der Waals surface area contributed by atoms with Gasteiger partial charge in [-0.15, -0.1) is 0 Å². The van der Waals surface area contributed by atoms with Crippen LogP contribution in [0.3, 0.4) is 0 Å². The number of carbonyl (C=O) groups excluding carboxylic acids is 1. The minimum absolute atomic E-state index is 0.154. The first-order valence-electron chi connectivity index (χ1n) is 4.07. The molecule has 0 saturated carbocycles. The Morgan fingerprint density at radius 2 is 2.54 bits per heavy atom. The molecule has 0 radical (unpaired) electrons. The van der Waals surface area contributed by atoms with Gasteiger partial charge in [-0.2, -0.15) is 0 Å². The van der Waals surface area contributed by atoms with E-state index in [1.165, 1.54) is 0 Å². The Morgan fingerprint density at radius 1 is 1.85 bits per heavy atom. The lowest BCUT2D eigenvalue weighted by Gasteiger charge is -2.05. The highest BCUT2D eigenvalue weighted by molar-refractivity contribution is 5.91. The Bertz CT molecular complexity index is 295. The maximum absolute atomic E-state index is 11.3. The summed E-state index contributed by atoms with van der Waals surface area (Å²) in [5.74, 6) is -0.00754. The van der Waals surface area contributed by atoms with Crippen molar-refractivity contribution in [1.82, 2.24) is 5.16 Å². The van der Waals surface area contributed by atoms with Gasteiger partial charge in [0.05, 0.1) is 5.69 Å². The zero-order valence-electron chi connectivity index (χ0n) is 7.70. The number of amides is 1. The average Bonchev–Trinajstić information content (AvgIpc) is 2.49. The Balaban J connectivity index is 2.54. The fraction of sp³-hybridized carbons (Fsp3) is 0.500. The summed E-state index contributed by atoms with van der Waals surface area (Å²) in [6, 6.07) is 1.65. The van der Waals surface area contributed by atoms with Gasteiger partial charge in [0.1, 0.15) is 0 Å². The van der Waals surface area contributed by atoms with Crippen molar-refractivity contribution in [2.75, 3.05) is 11.9 Å². The van der Waals surface area contributed by atoms with E-state index in [2.05, 4.69) is 10.5 Å². The van der Waals surface area contributed by atoms with E-state index in [9.17, 15) is 4.79 Å². The van der Waals surface area contributed by atoms with Crippen molar-refractivity contribution in [3.05, 3.63) is 11.8 Å². The molecular weight excluding hydrogens is 170 g/mol. The largest absolute Gasteiger partial charge is 0.338 e. The lowest BCUT2D eigenvalue weighted by Crippen LogP contribution is -2.26. The number of nitrogens with zero attached hydrogens (tertiary/aromatic N) is 1. The lowest BCUT2D eigenvalue weighted by atomic mass is 10.2. The first-order chi connectivity index (χ1) is 6.13. The summed E-state index contributed by atoms with van der Waals surface area (Å²) in [4.78, 5) is 11.3. The van der Waals surface area contributed by atoms with E-state index in [1.807, 2.05) is 0 Å². The number of rotatable bonds is 3. The van der Waals surface area contributed by atoms with Crippen LogP contribution in [0.4, 0.5) is 5.88 Å². The number of nitrogens with two attached hydrogens (primary N) is 1. The molecule has 5 nitrogen and oxygen atoms in total. The van der Waals surface area contributed by atoms with E-state index in [1.54, 1.807) is 19.9 Å². The molecule has 0 aromatic carbocycles. The number of aromatic nitrogens is 1. The van der Waals surface area contributed by atoms with E-state index in [0.29, 0.717) is 12.4 Å². The van der Waals surface area contributed by atoms with Crippen LogP contribution in [0, 0.1) is 12.8 Å². The predicted molar refractivity (Wildman–Crippen MR) is 48.1 cm³/mol. The third kappa shape index (κ3) is 2.55. The zero-order chi connectivity index (χ0) is 9.84. The minimum Gasteiger partial charge on any atom is -0.338 e. The van der Waals surface area contributed by atoms with Crippen molar-refractivity contribution < 1.29 is 9.32 Å². The lowest BCUT2D eigenvalue weighted by molar-refractivity contribution is -0.119. The van der Waals surface area contributed by atoms with Gasteiger partial charge in [0, 0.05) is 18.5 Å². The maximum Gasteiger partial charge on any atom is 0.231 e. The molecule has 3 N–H and O–H groups in total. The number of nitrogens with one attached hydrogen (secondary N) is 1. The second-order valence-corrected chi connectivity index (χ2v) is 2.96. The highest BCUT2D eigenvalue weighted by Gasteiger charge is 2.12. The van der Waals surface area contributed by atoms with Crippen molar-refractivity contribution in [3.63, 3.8) is 0 Å². The molecule has 0 bridgehead atoms. The van der Waals surface area contributed by atoms with Crippen LogP contribution in [0.5, 0.6) is 0 Å². The zero-order valence-corrected chi connectivity index (χ0v) is 7.70. The van der Waals surface area contributed by atoms with Gasteiger partial charge in [-0.3, -0.25) is 10.1 Å². The molecule has 1 unspecified atom stereocenters. The third-order valence-corrected chi connectivity index (χ3v) is 1.68. The van der Waals surface area contributed by atoms with Gasteiger partial charge in [-0.05, 0) is 6.92 Å². The van der Waals surface area contributed by atoms with Crippen LogP contribution in [0.25, 0.3) is 0 Å². The molecule has 1 aromatic heterocycles. The SMILES string of the molecule is Cc1cc(NC(=O)C(C)CN)on1. The summed E-state index contributed by atoms with van der Waals surface area (Å²) in [5.41, 5.74) is 6.06. The normalized spacial score (nSPS) is 12.5. The highest BCUT2D eigenvalue weighted by atomic mass is 16.5. The summed E-state index contributed by atoms with van der Waals surface area (Å²) in [6.45, 7) is 3.85. The maximum atomic E-state index is 11.3. The van der Waals surface area contributed by atoms with Crippen molar-refractivity contribution in [1.29, 1.82) is 0 Å². The van der Waals surface area contributed by atoms with Gasteiger partial charge < -0.3 is 10.3 Å². The molecule has 0 aliphatic heterocycles. The molecule has 0 aliphatic rings. The number of carbonyl (C=O) groups is 1. The topological polar surface area (TPSA) is 81.2 Å². The molecule has 1 amide bonds. The van der Waals surface area contributed by atoms with Gasteiger partial charge in [-0.1, -0.05) is 12.1 Å². The fourth-order valence-corrected chi connectivity index (χ4v) is 0.774. The molecule has 72 valence electrons. The van der Waals surface area contributed by atoms with Crippen LogP contribution in [0.2, 0.25) is 0 Å². The van der Waals surface area contributed by atoms with E-state index < -0.39 is 0 Å². The second kappa shape index (κ2) is 4.04. The Kier molecular flexibility index (Phi) is 3.02. The molecule has 0 fully saturated rings. The van der Waals surface area contributed by atoms with E-state index in [0.717, 1.165) is 5.69 Å². The number of hydrogen-bond donors (Lipinski definition) is 2. The summed E-state index contributed by atoms with van der Waals surface area (Å²) in [6.07, 6.45) is 0. The molecule has 1 aromatic rings. The smallest absolute Gasteiger partial charge is 0.231 e. The second-order valence-electron chi connectivity index (χ2n) is 2.96. The molecule has 1 heterocycles. The van der Waals surface area contributed by atoms with Gasteiger partial charge in [0.15, 0.2) is 0 Å². The van der Waals surface area contributed by atoms with Crippen molar-refractivity contribution in [3.8, 4) is 0 Å².